The molecule has 2 aliphatic rings. The molecular formula is C19H27NO5. The summed E-state index contributed by atoms with van der Waals surface area (Å²) in [7, 11) is 1.46. The molecule has 1 aromatic rings. The number of carbonyl (C=O) groups excluding carboxylic acids is 2. The Bertz CT molecular complexity index is 556. The number of benzene rings is 1. The highest BCUT2D eigenvalue weighted by molar-refractivity contribution is 5.69. The minimum Gasteiger partial charge on any atom is -0.469 e. The number of carbonyl (C=O) groups is 2. The van der Waals surface area contributed by atoms with Crippen LogP contribution in [0.5, 0.6) is 0 Å². The summed E-state index contributed by atoms with van der Waals surface area (Å²) in [6, 6.07) is 9.37. The standard InChI is InChI=1S/C11H18O3.C8H9NO2/c1-13-10(12)7-9-3-2-6-14-11(8-9)4-5-11;9-8(10)11-6-7-4-2-1-3-5-7/h9H,2-8H2,1H3;1-5H,6H2,(H2,9,10)/t9-;/m0./s1. The van der Waals surface area contributed by atoms with Gasteiger partial charge in [0.15, 0.2) is 0 Å². The van der Waals surface area contributed by atoms with E-state index in [4.69, 9.17) is 15.2 Å². The van der Waals surface area contributed by atoms with Gasteiger partial charge in [0.05, 0.1) is 12.7 Å². The number of ether oxygens (including phenoxy) is 3. The largest absolute Gasteiger partial charge is 0.469 e. The summed E-state index contributed by atoms with van der Waals surface area (Å²) in [5.41, 5.74) is 5.88. The highest BCUT2D eigenvalue weighted by Crippen LogP contribution is 2.47. The number of nitrogens with two attached hydrogens (primary N) is 1. The molecule has 6 nitrogen and oxygen atoms in total. The summed E-state index contributed by atoms with van der Waals surface area (Å²) in [5, 5.41) is 0. The Morgan fingerprint density at radius 1 is 1.28 bits per heavy atom. The maximum absolute atomic E-state index is 11.2. The Kier molecular flexibility index (Phi) is 7.25. The van der Waals surface area contributed by atoms with Gasteiger partial charge in [-0.2, -0.15) is 0 Å². The molecule has 1 spiro atoms. The Morgan fingerprint density at radius 3 is 2.60 bits per heavy atom. The van der Waals surface area contributed by atoms with Crippen molar-refractivity contribution in [1.82, 2.24) is 0 Å². The maximum atomic E-state index is 11.2. The SMILES string of the molecule is COC(=O)C[C@@H]1CCCOC2(CC2)C1.NC(=O)OCc1ccccc1. The lowest BCUT2D eigenvalue weighted by Gasteiger charge is -2.17. The fourth-order valence-corrected chi connectivity index (χ4v) is 3.06. The Labute approximate surface area is 148 Å². The second-order valence-electron chi connectivity index (χ2n) is 6.62. The zero-order valence-electron chi connectivity index (χ0n) is 14.7. The molecule has 0 radical (unpaired) electrons. The van der Waals surface area contributed by atoms with Crippen molar-refractivity contribution >= 4 is 12.1 Å². The zero-order valence-corrected chi connectivity index (χ0v) is 14.7. The number of primary amides is 1. The normalized spacial score (nSPS) is 20.6. The lowest BCUT2D eigenvalue weighted by atomic mass is 9.93. The smallest absolute Gasteiger partial charge is 0.404 e. The van der Waals surface area contributed by atoms with Gasteiger partial charge in [-0.3, -0.25) is 4.79 Å². The first kappa shape index (κ1) is 19.2. The third kappa shape index (κ3) is 7.13. The summed E-state index contributed by atoms with van der Waals surface area (Å²) >= 11 is 0. The molecule has 0 aromatic heterocycles. The second kappa shape index (κ2) is 9.42. The van der Waals surface area contributed by atoms with Gasteiger partial charge in [-0.15, -0.1) is 0 Å². The van der Waals surface area contributed by atoms with Gasteiger partial charge in [0.2, 0.25) is 0 Å². The molecule has 1 aliphatic carbocycles. The molecule has 1 amide bonds. The minimum absolute atomic E-state index is 0.0762. The van der Waals surface area contributed by atoms with Crippen molar-refractivity contribution in [3.63, 3.8) is 0 Å². The van der Waals surface area contributed by atoms with E-state index in [1.807, 2.05) is 30.3 Å². The molecule has 1 aromatic carbocycles. The lowest BCUT2D eigenvalue weighted by Crippen LogP contribution is -2.18. The van der Waals surface area contributed by atoms with Crippen molar-refractivity contribution in [2.45, 2.75) is 50.7 Å². The van der Waals surface area contributed by atoms with Crippen molar-refractivity contribution in [3.05, 3.63) is 35.9 Å². The van der Waals surface area contributed by atoms with Crippen LogP contribution in [-0.2, 0) is 25.6 Å². The van der Waals surface area contributed by atoms with E-state index < -0.39 is 6.09 Å². The molecule has 0 unspecified atom stereocenters. The quantitative estimate of drug-likeness (QED) is 0.844. The molecule has 1 aliphatic heterocycles. The van der Waals surface area contributed by atoms with Crippen LogP contribution in [0.25, 0.3) is 0 Å². The molecule has 2 N–H and O–H groups in total. The van der Waals surface area contributed by atoms with Crippen LogP contribution in [0.4, 0.5) is 4.79 Å². The highest BCUT2D eigenvalue weighted by atomic mass is 16.5. The monoisotopic (exact) mass is 349 g/mol. The fraction of sp³-hybridized carbons (Fsp3) is 0.579. The topological polar surface area (TPSA) is 87.9 Å². The van der Waals surface area contributed by atoms with E-state index in [-0.39, 0.29) is 18.2 Å². The maximum Gasteiger partial charge on any atom is 0.404 e. The highest BCUT2D eigenvalue weighted by Gasteiger charge is 2.46. The molecular weight excluding hydrogens is 322 g/mol. The molecule has 1 atom stereocenters. The molecule has 138 valence electrons. The van der Waals surface area contributed by atoms with E-state index in [9.17, 15) is 9.59 Å². The van der Waals surface area contributed by atoms with Crippen molar-refractivity contribution in [2.75, 3.05) is 13.7 Å². The van der Waals surface area contributed by atoms with Crippen molar-refractivity contribution < 1.29 is 23.8 Å². The van der Waals surface area contributed by atoms with Crippen LogP contribution in [0.3, 0.4) is 0 Å². The van der Waals surface area contributed by atoms with Gasteiger partial charge in [0.1, 0.15) is 6.61 Å². The van der Waals surface area contributed by atoms with Crippen molar-refractivity contribution in [2.24, 2.45) is 11.7 Å². The molecule has 6 heteroatoms. The van der Waals surface area contributed by atoms with Gasteiger partial charge < -0.3 is 19.9 Å². The first-order chi connectivity index (χ1) is 12.0. The van der Waals surface area contributed by atoms with E-state index >= 15 is 0 Å². The van der Waals surface area contributed by atoms with E-state index in [0.29, 0.717) is 12.3 Å². The summed E-state index contributed by atoms with van der Waals surface area (Å²) in [4.78, 5) is 21.3. The van der Waals surface area contributed by atoms with Crippen LogP contribution in [0.1, 0.15) is 44.1 Å². The van der Waals surface area contributed by atoms with Crippen LogP contribution in [0.2, 0.25) is 0 Å². The first-order valence-electron chi connectivity index (χ1n) is 8.70. The summed E-state index contributed by atoms with van der Waals surface area (Å²) < 4.78 is 15.1. The average Bonchev–Trinajstić information content (AvgIpc) is 3.41. The van der Waals surface area contributed by atoms with Gasteiger partial charge in [-0.05, 0) is 43.6 Å². The summed E-state index contributed by atoms with van der Waals surface area (Å²) in [6.45, 7) is 1.12. The van der Waals surface area contributed by atoms with Crippen molar-refractivity contribution in [1.29, 1.82) is 0 Å². The van der Waals surface area contributed by atoms with Crippen LogP contribution < -0.4 is 5.73 Å². The third-order valence-corrected chi connectivity index (χ3v) is 4.54. The van der Waals surface area contributed by atoms with E-state index in [1.165, 1.54) is 20.0 Å². The van der Waals surface area contributed by atoms with E-state index in [1.54, 1.807) is 0 Å². The van der Waals surface area contributed by atoms with Gasteiger partial charge in [0, 0.05) is 13.0 Å². The zero-order chi connectivity index (χ0) is 18.1. The van der Waals surface area contributed by atoms with E-state index in [0.717, 1.165) is 31.4 Å². The summed E-state index contributed by atoms with van der Waals surface area (Å²) in [6.07, 6.45) is 5.45. The average molecular weight is 349 g/mol. The number of rotatable bonds is 4. The molecule has 0 bridgehead atoms. The van der Waals surface area contributed by atoms with Gasteiger partial charge >= 0.3 is 12.1 Å². The molecule has 1 saturated carbocycles. The van der Waals surface area contributed by atoms with Crippen LogP contribution in [0.15, 0.2) is 30.3 Å². The van der Waals surface area contributed by atoms with Gasteiger partial charge in [0.25, 0.3) is 0 Å². The summed E-state index contributed by atoms with van der Waals surface area (Å²) in [5.74, 6) is 0.403. The Hall–Kier alpha value is -2.08. The third-order valence-electron chi connectivity index (χ3n) is 4.54. The molecule has 3 rings (SSSR count). The van der Waals surface area contributed by atoms with E-state index in [2.05, 4.69) is 4.74 Å². The van der Waals surface area contributed by atoms with Crippen LogP contribution >= 0.6 is 0 Å². The van der Waals surface area contributed by atoms with Gasteiger partial charge in [-0.25, -0.2) is 4.79 Å². The number of esters is 1. The first-order valence-corrected chi connectivity index (χ1v) is 8.70. The van der Waals surface area contributed by atoms with Crippen LogP contribution in [0, 0.1) is 5.92 Å². The predicted molar refractivity (Wildman–Crippen MR) is 92.7 cm³/mol. The Balaban J connectivity index is 0.000000186. The van der Waals surface area contributed by atoms with Gasteiger partial charge in [-0.1, -0.05) is 30.3 Å². The van der Waals surface area contributed by atoms with Crippen LogP contribution in [-0.4, -0.2) is 31.4 Å². The number of amides is 1. The molecule has 2 fully saturated rings. The number of hydrogen-bond donors (Lipinski definition) is 1. The fourth-order valence-electron chi connectivity index (χ4n) is 3.06. The predicted octanol–water partition coefficient (Wildman–Crippen LogP) is 3.18. The molecule has 1 saturated heterocycles. The molecule has 25 heavy (non-hydrogen) atoms. The lowest BCUT2D eigenvalue weighted by molar-refractivity contribution is -0.141. The minimum atomic E-state index is -0.742. The number of hydrogen-bond acceptors (Lipinski definition) is 5. The van der Waals surface area contributed by atoms with Crippen molar-refractivity contribution in [3.8, 4) is 0 Å². The Morgan fingerprint density at radius 2 is 2.00 bits per heavy atom. The number of methoxy groups -OCH3 is 1. The molecule has 1 heterocycles. The second-order valence-corrected chi connectivity index (χ2v) is 6.62.